The van der Waals surface area contributed by atoms with Crippen molar-refractivity contribution in [2.45, 2.75) is 20.2 Å². The quantitative estimate of drug-likeness (QED) is 0.697. The van der Waals surface area contributed by atoms with Crippen LogP contribution in [0, 0.1) is 13.8 Å². The summed E-state index contributed by atoms with van der Waals surface area (Å²) in [6.45, 7) is 3.20. The van der Waals surface area contributed by atoms with Gasteiger partial charge in [-0.25, -0.2) is 0 Å². The average Bonchev–Trinajstić information content (AvgIpc) is 2.68. The molecule has 2 aromatic rings. The molecule has 10 heteroatoms. The molecule has 0 aromatic heterocycles. The van der Waals surface area contributed by atoms with E-state index in [1.54, 1.807) is 12.1 Å². The van der Waals surface area contributed by atoms with E-state index in [9.17, 15) is 27.6 Å². The third-order valence-electron chi connectivity index (χ3n) is 4.35. The second-order valence-corrected chi connectivity index (χ2v) is 6.85. The number of nitrogens with zero attached hydrogens (tertiary/aromatic N) is 1. The highest BCUT2D eigenvalue weighted by atomic mass is 19.4. The van der Waals surface area contributed by atoms with Gasteiger partial charge in [-0.05, 0) is 61.4 Å². The fraction of sp³-hybridized carbons (Fsp3) is 0.286. The molecule has 0 radical (unpaired) electrons. The van der Waals surface area contributed by atoms with Crippen molar-refractivity contribution >= 4 is 23.4 Å². The Balaban J connectivity index is 1.81. The summed E-state index contributed by atoms with van der Waals surface area (Å²) in [7, 11) is 1.39. The lowest BCUT2D eigenvalue weighted by atomic mass is 10.1. The van der Waals surface area contributed by atoms with Crippen molar-refractivity contribution in [3.05, 3.63) is 59.2 Å². The number of hydrogen-bond acceptors (Lipinski definition) is 4. The number of likely N-dealkylation sites (N-methyl/N-ethyl adjacent to an activating group) is 1. The number of nitrogens with one attached hydrogen (secondary N) is 2. The highest BCUT2D eigenvalue weighted by Gasteiger charge is 2.31. The smallest absolute Gasteiger partial charge is 0.406 e. The Kier molecular flexibility index (Phi) is 7.62. The molecule has 0 fully saturated rings. The summed E-state index contributed by atoms with van der Waals surface area (Å²) in [5.74, 6) is -1.87. The van der Waals surface area contributed by atoms with Gasteiger partial charge in [0.05, 0.1) is 13.1 Å². The van der Waals surface area contributed by atoms with Gasteiger partial charge in [0.1, 0.15) is 5.75 Å². The lowest BCUT2D eigenvalue weighted by Gasteiger charge is -2.17. The van der Waals surface area contributed by atoms with Crippen molar-refractivity contribution in [2.24, 2.45) is 0 Å². The van der Waals surface area contributed by atoms with Crippen LogP contribution in [0.2, 0.25) is 0 Å². The molecule has 0 heterocycles. The van der Waals surface area contributed by atoms with Gasteiger partial charge < -0.3 is 20.3 Å². The molecule has 0 saturated carbocycles. The Labute approximate surface area is 177 Å². The monoisotopic (exact) mass is 437 g/mol. The highest BCUT2D eigenvalue weighted by molar-refractivity contribution is 5.98. The molecule has 0 saturated heterocycles. The maximum Gasteiger partial charge on any atom is 0.573 e. The molecule has 2 rings (SSSR count). The Hall–Kier alpha value is -3.56. The zero-order valence-electron chi connectivity index (χ0n) is 17.2. The summed E-state index contributed by atoms with van der Waals surface area (Å²) in [6.07, 6.45) is -4.80. The molecule has 0 aliphatic rings. The highest BCUT2D eigenvalue weighted by Crippen LogP contribution is 2.23. The number of amides is 3. The van der Waals surface area contributed by atoms with Crippen molar-refractivity contribution in [1.82, 2.24) is 10.2 Å². The Morgan fingerprint density at radius 1 is 1.00 bits per heavy atom. The number of benzene rings is 2. The van der Waals surface area contributed by atoms with E-state index >= 15 is 0 Å². The molecule has 166 valence electrons. The average molecular weight is 437 g/mol. The van der Waals surface area contributed by atoms with Gasteiger partial charge in [-0.15, -0.1) is 13.2 Å². The summed E-state index contributed by atoms with van der Waals surface area (Å²) in [4.78, 5) is 37.5. The first-order valence-electron chi connectivity index (χ1n) is 9.19. The van der Waals surface area contributed by atoms with E-state index in [1.807, 2.05) is 19.9 Å². The van der Waals surface area contributed by atoms with Crippen molar-refractivity contribution in [1.29, 1.82) is 0 Å². The van der Waals surface area contributed by atoms with Crippen LogP contribution in [0.3, 0.4) is 0 Å². The summed E-state index contributed by atoms with van der Waals surface area (Å²) >= 11 is 0. The number of hydrogen-bond donors (Lipinski definition) is 2. The number of carbonyl (C=O) groups excluding carboxylic acids is 3. The summed E-state index contributed by atoms with van der Waals surface area (Å²) in [6, 6.07) is 9.78. The van der Waals surface area contributed by atoms with E-state index in [-0.39, 0.29) is 18.8 Å². The molecule has 2 aromatic carbocycles. The van der Waals surface area contributed by atoms with Crippen LogP contribution in [0.15, 0.2) is 42.5 Å². The Bertz CT molecular complexity index is 959. The van der Waals surface area contributed by atoms with Crippen LogP contribution < -0.4 is 15.4 Å². The molecular weight excluding hydrogens is 415 g/mol. The van der Waals surface area contributed by atoms with Crippen LogP contribution in [0.5, 0.6) is 5.75 Å². The number of alkyl halides is 3. The van der Waals surface area contributed by atoms with Gasteiger partial charge >= 0.3 is 6.36 Å². The first-order chi connectivity index (χ1) is 14.4. The van der Waals surface area contributed by atoms with Gasteiger partial charge in [0, 0.05) is 18.3 Å². The van der Waals surface area contributed by atoms with Crippen LogP contribution in [0.25, 0.3) is 0 Å². The molecule has 7 nitrogen and oxygen atoms in total. The van der Waals surface area contributed by atoms with Crippen LogP contribution in [-0.2, 0) is 9.59 Å². The van der Waals surface area contributed by atoms with Gasteiger partial charge in [0.25, 0.3) is 5.91 Å². The second-order valence-electron chi connectivity index (χ2n) is 6.85. The standard InChI is InChI=1S/C21H22F3N3O4/c1-13-4-5-15(10-14(13)2)20(30)25-11-19(29)27(3)12-18(28)26-16-6-8-17(9-7-16)31-21(22,23)24/h4-10H,11-12H2,1-3H3,(H,25,30)(H,26,28). The van der Waals surface area contributed by atoms with Crippen molar-refractivity contribution < 1.29 is 32.3 Å². The lowest BCUT2D eigenvalue weighted by molar-refractivity contribution is -0.274. The Morgan fingerprint density at radius 3 is 2.23 bits per heavy atom. The van der Waals surface area contributed by atoms with Gasteiger partial charge in [0.15, 0.2) is 0 Å². The van der Waals surface area contributed by atoms with E-state index in [4.69, 9.17) is 0 Å². The molecule has 2 N–H and O–H groups in total. The van der Waals surface area contributed by atoms with E-state index in [1.165, 1.54) is 19.2 Å². The summed E-state index contributed by atoms with van der Waals surface area (Å²) < 4.78 is 40.2. The topological polar surface area (TPSA) is 87.7 Å². The van der Waals surface area contributed by atoms with E-state index in [2.05, 4.69) is 15.4 Å². The normalized spacial score (nSPS) is 10.9. The lowest BCUT2D eigenvalue weighted by Crippen LogP contribution is -2.41. The molecule has 0 spiro atoms. The van der Waals surface area contributed by atoms with Crippen LogP contribution in [-0.4, -0.2) is 49.1 Å². The first kappa shape index (κ1) is 23.7. The zero-order chi connectivity index (χ0) is 23.2. The number of halogens is 3. The molecule has 31 heavy (non-hydrogen) atoms. The van der Waals surface area contributed by atoms with Gasteiger partial charge in [-0.1, -0.05) is 6.07 Å². The molecule has 0 bridgehead atoms. The fourth-order valence-electron chi connectivity index (χ4n) is 2.52. The summed E-state index contributed by atoms with van der Waals surface area (Å²) in [5.41, 5.74) is 2.66. The van der Waals surface area contributed by atoms with Gasteiger partial charge in [-0.2, -0.15) is 0 Å². The van der Waals surface area contributed by atoms with Crippen molar-refractivity contribution in [3.63, 3.8) is 0 Å². The molecule has 3 amide bonds. The fourth-order valence-corrected chi connectivity index (χ4v) is 2.52. The minimum atomic E-state index is -4.80. The number of aryl methyl sites for hydroxylation is 2. The third-order valence-corrected chi connectivity index (χ3v) is 4.35. The number of ether oxygens (including phenoxy) is 1. The number of rotatable bonds is 7. The Morgan fingerprint density at radius 2 is 1.65 bits per heavy atom. The van der Waals surface area contributed by atoms with E-state index < -0.39 is 29.8 Å². The van der Waals surface area contributed by atoms with Crippen LogP contribution >= 0.6 is 0 Å². The van der Waals surface area contributed by atoms with Gasteiger partial charge in [0.2, 0.25) is 11.8 Å². The molecule has 0 aliphatic heterocycles. The summed E-state index contributed by atoms with van der Waals surface area (Å²) in [5, 5.41) is 4.97. The molecule has 0 aliphatic carbocycles. The predicted octanol–water partition coefficient (Wildman–Crippen LogP) is 3.03. The SMILES string of the molecule is Cc1ccc(C(=O)NCC(=O)N(C)CC(=O)Nc2ccc(OC(F)(F)F)cc2)cc1C. The molecular formula is C21H22F3N3O4. The molecule has 0 unspecified atom stereocenters. The molecule has 0 atom stereocenters. The minimum Gasteiger partial charge on any atom is -0.406 e. The van der Waals surface area contributed by atoms with Crippen molar-refractivity contribution in [3.8, 4) is 5.75 Å². The minimum absolute atomic E-state index is 0.239. The maximum atomic E-state index is 12.2. The van der Waals surface area contributed by atoms with E-state index in [0.717, 1.165) is 28.2 Å². The number of anilines is 1. The number of carbonyl (C=O) groups is 3. The van der Waals surface area contributed by atoms with Crippen molar-refractivity contribution in [2.75, 3.05) is 25.5 Å². The second kappa shape index (κ2) is 9.96. The van der Waals surface area contributed by atoms with Gasteiger partial charge in [-0.3, -0.25) is 14.4 Å². The third kappa shape index (κ3) is 7.65. The largest absolute Gasteiger partial charge is 0.573 e. The van der Waals surface area contributed by atoms with Crippen LogP contribution in [0.1, 0.15) is 21.5 Å². The maximum absolute atomic E-state index is 12.2. The van der Waals surface area contributed by atoms with E-state index in [0.29, 0.717) is 5.56 Å². The van der Waals surface area contributed by atoms with Crippen LogP contribution in [0.4, 0.5) is 18.9 Å². The predicted molar refractivity (Wildman–Crippen MR) is 108 cm³/mol. The zero-order valence-corrected chi connectivity index (χ0v) is 17.2. The first-order valence-corrected chi connectivity index (χ1v) is 9.19.